The van der Waals surface area contributed by atoms with Crippen molar-refractivity contribution in [2.75, 3.05) is 40.0 Å². The van der Waals surface area contributed by atoms with Crippen molar-refractivity contribution < 1.29 is 14.3 Å². The van der Waals surface area contributed by atoms with Crippen LogP contribution >= 0.6 is 23.2 Å². The summed E-state index contributed by atoms with van der Waals surface area (Å²) in [7, 11) is 1.49. The maximum absolute atomic E-state index is 11.6. The van der Waals surface area contributed by atoms with Crippen LogP contribution in [0.15, 0.2) is 18.2 Å². The lowest BCUT2D eigenvalue weighted by Crippen LogP contribution is -2.39. The lowest BCUT2D eigenvalue weighted by atomic mass is 9.93. The molecule has 0 aromatic heterocycles. The van der Waals surface area contributed by atoms with Crippen LogP contribution in [0.25, 0.3) is 0 Å². The summed E-state index contributed by atoms with van der Waals surface area (Å²) in [6.45, 7) is 2.60. The molecule has 5 nitrogen and oxygen atoms in total. The molecule has 1 saturated heterocycles. The van der Waals surface area contributed by atoms with Gasteiger partial charge in [-0.15, -0.1) is 0 Å². The van der Waals surface area contributed by atoms with E-state index in [4.69, 9.17) is 32.7 Å². The summed E-state index contributed by atoms with van der Waals surface area (Å²) >= 11 is 12.1. The second kappa shape index (κ2) is 8.70. The van der Waals surface area contributed by atoms with Gasteiger partial charge in [0.15, 0.2) is 0 Å². The topological polar surface area (TPSA) is 59.6 Å². The highest BCUT2D eigenvalue weighted by molar-refractivity contribution is 6.42. The molecule has 1 fully saturated rings. The Labute approximate surface area is 140 Å². The SMILES string of the molecule is COCC(=O)NCC1OCCNCC1c1ccc(Cl)c(Cl)c1. The van der Waals surface area contributed by atoms with Crippen molar-refractivity contribution in [3.8, 4) is 0 Å². The van der Waals surface area contributed by atoms with Crippen molar-refractivity contribution in [3.63, 3.8) is 0 Å². The normalized spacial score (nSPS) is 22.1. The Bertz CT molecular complexity index is 514. The highest BCUT2D eigenvalue weighted by Crippen LogP contribution is 2.29. The molecule has 122 valence electrons. The molecule has 0 radical (unpaired) electrons. The number of carbonyl (C=O) groups excluding carboxylic acids is 1. The van der Waals surface area contributed by atoms with Crippen LogP contribution in [-0.2, 0) is 14.3 Å². The fourth-order valence-electron chi connectivity index (χ4n) is 2.46. The summed E-state index contributed by atoms with van der Waals surface area (Å²) in [6.07, 6.45) is -0.131. The van der Waals surface area contributed by atoms with Crippen molar-refractivity contribution >= 4 is 29.1 Å². The molecule has 7 heteroatoms. The third-order valence-corrected chi connectivity index (χ3v) is 4.31. The van der Waals surface area contributed by atoms with Gasteiger partial charge in [0.2, 0.25) is 5.91 Å². The van der Waals surface area contributed by atoms with Gasteiger partial charge in [-0.3, -0.25) is 4.79 Å². The molecule has 1 aliphatic heterocycles. The van der Waals surface area contributed by atoms with Crippen LogP contribution in [-0.4, -0.2) is 52.0 Å². The highest BCUT2D eigenvalue weighted by atomic mass is 35.5. The minimum atomic E-state index is -0.156. The van der Waals surface area contributed by atoms with E-state index in [-0.39, 0.29) is 24.5 Å². The van der Waals surface area contributed by atoms with Crippen molar-refractivity contribution in [3.05, 3.63) is 33.8 Å². The lowest BCUT2D eigenvalue weighted by molar-refractivity contribution is -0.125. The second-order valence-electron chi connectivity index (χ2n) is 5.13. The molecule has 0 bridgehead atoms. The van der Waals surface area contributed by atoms with Gasteiger partial charge in [-0.2, -0.15) is 0 Å². The monoisotopic (exact) mass is 346 g/mol. The van der Waals surface area contributed by atoms with E-state index in [0.29, 0.717) is 23.2 Å². The van der Waals surface area contributed by atoms with E-state index in [1.165, 1.54) is 7.11 Å². The van der Waals surface area contributed by atoms with Gasteiger partial charge in [0.25, 0.3) is 0 Å². The molecule has 0 aliphatic carbocycles. The van der Waals surface area contributed by atoms with E-state index in [0.717, 1.165) is 18.7 Å². The number of ether oxygens (including phenoxy) is 2. The summed E-state index contributed by atoms with van der Waals surface area (Å²) in [5, 5.41) is 7.21. The molecule has 2 atom stereocenters. The maximum atomic E-state index is 11.6. The van der Waals surface area contributed by atoms with E-state index in [1.54, 1.807) is 6.07 Å². The number of halogens is 2. The molecule has 1 aliphatic rings. The molecule has 1 aromatic carbocycles. The standard InChI is InChI=1S/C15H20Cl2N2O3/c1-21-9-15(20)19-8-14-11(7-18-4-5-22-14)10-2-3-12(16)13(17)6-10/h2-3,6,11,14,18H,4-5,7-9H2,1H3,(H,19,20). The zero-order valence-corrected chi connectivity index (χ0v) is 13.9. The summed E-state index contributed by atoms with van der Waals surface area (Å²) in [4.78, 5) is 11.6. The molecular weight excluding hydrogens is 327 g/mol. The Hall–Kier alpha value is -0.850. The first-order valence-corrected chi connectivity index (χ1v) is 7.90. The Morgan fingerprint density at radius 2 is 2.27 bits per heavy atom. The number of methoxy groups -OCH3 is 1. The van der Waals surface area contributed by atoms with Gasteiger partial charge in [0.1, 0.15) is 6.61 Å². The van der Waals surface area contributed by atoms with Crippen LogP contribution in [0.3, 0.4) is 0 Å². The van der Waals surface area contributed by atoms with E-state index >= 15 is 0 Å². The fraction of sp³-hybridized carbons (Fsp3) is 0.533. The molecule has 2 rings (SSSR count). The Kier molecular flexibility index (Phi) is 6.92. The number of benzene rings is 1. The van der Waals surface area contributed by atoms with Crippen LogP contribution in [0.5, 0.6) is 0 Å². The molecule has 1 heterocycles. The summed E-state index contributed by atoms with van der Waals surface area (Å²) in [6, 6.07) is 5.58. The molecule has 0 spiro atoms. The molecule has 1 amide bonds. The van der Waals surface area contributed by atoms with Crippen molar-refractivity contribution in [2.24, 2.45) is 0 Å². The highest BCUT2D eigenvalue weighted by Gasteiger charge is 2.27. The number of hydrogen-bond donors (Lipinski definition) is 2. The number of hydrogen-bond acceptors (Lipinski definition) is 4. The van der Waals surface area contributed by atoms with Crippen LogP contribution < -0.4 is 10.6 Å². The largest absolute Gasteiger partial charge is 0.375 e. The quantitative estimate of drug-likeness (QED) is 0.853. The van der Waals surface area contributed by atoms with Crippen molar-refractivity contribution in [1.82, 2.24) is 10.6 Å². The minimum Gasteiger partial charge on any atom is -0.375 e. The summed E-state index contributed by atoms with van der Waals surface area (Å²) in [5.41, 5.74) is 1.04. The van der Waals surface area contributed by atoms with Gasteiger partial charge in [-0.05, 0) is 17.7 Å². The molecule has 1 aromatic rings. The molecular formula is C15H20Cl2N2O3. The Morgan fingerprint density at radius 1 is 1.45 bits per heavy atom. The zero-order chi connectivity index (χ0) is 15.9. The average molecular weight is 347 g/mol. The summed E-state index contributed by atoms with van der Waals surface area (Å²) < 4.78 is 10.7. The molecule has 0 saturated carbocycles. The summed E-state index contributed by atoms with van der Waals surface area (Å²) in [5.74, 6) is -0.0729. The van der Waals surface area contributed by atoms with Gasteiger partial charge >= 0.3 is 0 Å². The fourth-order valence-corrected chi connectivity index (χ4v) is 2.77. The molecule has 2 unspecified atom stereocenters. The van der Waals surface area contributed by atoms with Gasteiger partial charge < -0.3 is 20.1 Å². The number of rotatable bonds is 5. The van der Waals surface area contributed by atoms with E-state index in [2.05, 4.69) is 10.6 Å². The maximum Gasteiger partial charge on any atom is 0.246 e. The van der Waals surface area contributed by atoms with Crippen molar-refractivity contribution in [1.29, 1.82) is 0 Å². The van der Waals surface area contributed by atoms with Crippen LogP contribution in [0, 0.1) is 0 Å². The van der Waals surface area contributed by atoms with E-state index in [1.807, 2.05) is 12.1 Å². The predicted octanol–water partition coefficient (Wildman–Crippen LogP) is 1.83. The van der Waals surface area contributed by atoms with Crippen LogP contribution in [0.2, 0.25) is 10.0 Å². The first-order valence-electron chi connectivity index (χ1n) is 7.14. The van der Waals surface area contributed by atoms with Gasteiger partial charge in [0.05, 0.1) is 22.8 Å². The predicted molar refractivity (Wildman–Crippen MR) is 86.7 cm³/mol. The first-order chi connectivity index (χ1) is 10.6. The van der Waals surface area contributed by atoms with Gasteiger partial charge in [-0.1, -0.05) is 29.3 Å². The Balaban J connectivity index is 2.09. The number of carbonyl (C=O) groups is 1. The Morgan fingerprint density at radius 3 is 3.00 bits per heavy atom. The number of amides is 1. The van der Waals surface area contributed by atoms with Gasteiger partial charge in [-0.25, -0.2) is 0 Å². The first kappa shape index (κ1) is 17.5. The smallest absolute Gasteiger partial charge is 0.246 e. The van der Waals surface area contributed by atoms with Crippen LogP contribution in [0.1, 0.15) is 11.5 Å². The third kappa shape index (κ3) is 4.83. The number of nitrogens with one attached hydrogen (secondary N) is 2. The van der Waals surface area contributed by atoms with E-state index < -0.39 is 0 Å². The van der Waals surface area contributed by atoms with Crippen molar-refractivity contribution in [2.45, 2.75) is 12.0 Å². The van der Waals surface area contributed by atoms with E-state index in [9.17, 15) is 4.79 Å². The second-order valence-corrected chi connectivity index (χ2v) is 5.94. The van der Waals surface area contributed by atoms with Gasteiger partial charge in [0, 0.05) is 32.7 Å². The molecule has 2 N–H and O–H groups in total. The van der Waals surface area contributed by atoms with Crippen LogP contribution in [0.4, 0.5) is 0 Å². The zero-order valence-electron chi connectivity index (χ0n) is 12.4. The lowest BCUT2D eigenvalue weighted by Gasteiger charge is -2.25. The third-order valence-electron chi connectivity index (χ3n) is 3.57. The average Bonchev–Trinajstić information content (AvgIpc) is 2.74. The minimum absolute atomic E-state index is 0.0441. The molecule has 22 heavy (non-hydrogen) atoms.